The van der Waals surface area contributed by atoms with Gasteiger partial charge in [0.15, 0.2) is 9.84 Å². The summed E-state index contributed by atoms with van der Waals surface area (Å²) in [5, 5.41) is 0. The third-order valence-electron chi connectivity index (χ3n) is 3.08. The Morgan fingerprint density at radius 3 is 2.12 bits per heavy atom. The Bertz CT molecular complexity index is 505. The molecule has 0 saturated carbocycles. The summed E-state index contributed by atoms with van der Waals surface area (Å²) >= 11 is 0. The molecule has 0 spiro atoms. The van der Waals surface area contributed by atoms with Crippen LogP contribution in [0, 0.1) is 26.7 Å². The lowest BCUT2D eigenvalue weighted by Gasteiger charge is -2.26. The van der Waals surface area contributed by atoms with Crippen molar-refractivity contribution in [3.63, 3.8) is 0 Å². The Hall–Kier alpha value is -0.870. The Morgan fingerprint density at radius 1 is 1.18 bits per heavy atom. The van der Waals surface area contributed by atoms with Crippen molar-refractivity contribution in [3.8, 4) is 0 Å². The van der Waals surface area contributed by atoms with Crippen molar-refractivity contribution in [2.24, 2.45) is 5.92 Å². The molecule has 0 radical (unpaired) electrons. The first-order chi connectivity index (χ1) is 7.90. The maximum atomic E-state index is 12.3. The van der Waals surface area contributed by atoms with Gasteiger partial charge in [-0.25, -0.2) is 8.42 Å². The van der Waals surface area contributed by atoms with Crippen molar-refractivity contribution in [1.82, 2.24) is 0 Å². The van der Waals surface area contributed by atoms with Crippen LogP contribution >= 0.6 is 0 Å². The van der Waals surface area contributed by atoms with Gasteiger partial charge in [0.1, 0.15) is 0 Å². The lowest BCUT2D eigenvalue weighted by atomic mass is 10.1. The van der Waals surface area contributed by atoms with Gasteiger partial charge in [-0.05, 0) is 31.9 Å². The Balaban J connectivity index is 2.38. The van der Waals surface area contributed by atoms with Crippen LogP contribution in [0.5, 0.6) is 0 Å². The summed E-state index contributed by atoms with van der Waals surface area (Å²) < 4.78 is 29.7. The molecule has 0 N–H and O–H groups in total. The van der Waals surface area contributed by atoms with E-state index in [1.807, 2.05) is 32.9 Å². The summed E-state index contributed by atoms with van der Waals surface area (Å²) in [6, 6.07) is 3.86. The summed E-state index contributed by atoms with van der Waals surface area (Å²) in [5.74, 6) is 0.373. The number of rotatable bonds is 3. The van der Waals surface area contributed by atoms with E-state index in [-0.39, 0.29) is 11.7 Å². The van der Waals surface area contributed by atoms with Crippen LogP contribution < -0.4 is 0 Å². The van der Waals surface area contributed by atoms with Gasteiger partial charge in [-0.3, -0.25) is 0 Å². The van der Waals surface area contributed by atoms with E-state index < -0.39 is 9.84 Å². The third kappa shape index (κ3) is 2.53. The first-order valence-electron chi connectivity index (χ1n) is 5.78. The molecule has 2 rings (SSSR count). The summed E-state index contributed by atoms with van der Waals surface area (Å²) in [7, 11) is -3.18. The first kappa shape index (κ1) is 12.6. The molecule has 1 aliphatic heterocycles. The third-order valence-corrected chi connectivity index (χ3v) is 5.25. The van der Waals surface area contributed by atoms with E-state index in [9.17, 15) is 8.42 Å². The van der Waals surface area contributed by atoms with Crippen molar-refractivity contribution < 1.29 is 13.2 Å². The van der Waals surface area contributed by atoms with E-state index in [2.05, 4.69) is 0 Å². The molecule has 0 aromatic heterocycles. The molecule has 3 nitrogen and oxygen atoms in total. The highest BCUT2D eigenvalue weighted by Gasteiger charge is 2.28. The maximum Gasteiger partial charge on any atom is 0.179 e. The molecule has 0 amide bonds. The highest BCUT2D eigenvalue weighted by Crippen LogP contribution is 2.25. The minimum absolute atomic E-state index is 0.167. The maximum absolute atomic E-state index is 12.3. The molecule has 0 bridgehead atoms. The topological polar surface area (TPSA) is 43.4 Å². The van der Waals surface area contributed by atoms with Gasteiger partial charge in [-0.2, -0.15) is 0 Å². The molecule has 1 aromatic carbocycles. The second kappa shape index (κ2) is 4.42. The molecule has 0 atom stereocenters. The molecule has 17 heavy (non-hydrogen) atoms. The van der Waals surface area contributed by atoms with Crippen molar-refractivity contribution in [2.75, 3.05) is 19.0 Å². The lowest BCUT2D eigenvalue weighted by Crippen LogP contribution is -2.34. The number of benzene rings is 1. The molecule has 0 aliphatic carbocycles. The van der Waals surface area contributed by atoms with Gasteiger partial charge in [0.2, 0.25) is 0 Å². The number of aryl methyl sites for hydroxylation is 3. The van der Waals surface area contributed by atoms with Gasteiger partial charge in [-0.15, -0.1) is 0 Å². The van der Waals surface area contributed by atoms with E-state index in [1.165, 1.54) is 0 Å². The number of hydrogen-bond donors (Lipinski definition) is 0. The van der Waals surface area contributed by atoms with Gasteiger partial charge in [-0.1, -0.05) is 17.7 Å². The van der Waals surface area contributed by atoms with Crippen LogP contribution in [0.1, 0.15) is 16.7 Å². The first-order valence-corrected chi connectivity index (χ1v) is 7.44. The van der Waals surface area contributed by atoms with Crippen molar-refractivity contribution in [2.45, 2.75) is 25.7 Å². The van der Waals surface area contributed by atoms with Gasteiger partial charge in [0, 0.05) is 5.92 Å². The zero-order valence-corrected chi connectivity index (χ0v) is 11.3. The molecule has 0 unspecified atom stereocenters. The highest BCUT2D eigenvalue weighted by molar-refractivity contribution is 7.91. The fourth-order valence-corrected chi connectivity index (χ4v) is 4.51. The SMILES string of the molecule is Cc1cc(C)c(S(=O)(=O)CC2COC2)c(C)c1. The fraction of sp³-hybridized carbons (Fsp3) is 0.538. The molecule has 1 heterocycles. The van der Waals surface area contributed by atoms with Crippen LogP contribution in [-0.2, 0) is 14.6 Å². The summed E-state index contributed by atoms with van der Waals surface area (Å²) in [6.45, 7) is 6.86. The molecular formula is C13H18O3S. The van der Waals surface area contributed by atoms with Crippen LogP contribution in [0.15, 0.2) is 17.0 Å². The standard InChI is InChI=1S/C13H18O3S/c1-9-4-10(2)13(11(3)5-9)17(14,15)8-12-6-16-7-12/h4-5,12H,6-8H2,1-3H3. The van der Waals surface area contributed by atoms with Crippen LogP contribution in [0.4, 0.5) is 0 Å². The van der Waals surface area contributed by atoms with E-state index in [4.69, 9.17) is 4.74 Å². The minimum atomic E-state index is -3.18. The molecular weight excluding hydrogens is 236 g/mol. The van der Waals surface area contributed by atoms with Crippen molar-refractivity contribution in [3.05, 3.63) is 28.8 Å². The number of sulfone groups is 1. The number of ether oxygens (including phenoxy) is 1. The smallest absolute Gasteiger partial charge is 0.179 e. The monoisotopic (exact) mass is 254 g/mol. The zero-order chi connectivity index (χ0) is 12.6. The van der Waals surface area contributed by atoms with E-state index in [1.54, 1.807) is 0 Å². The van der Waals surface area contributed by atoms with Crippen LogP contribution in [-0.4, -0.2) is 27.4 Å². The average Bonchev–Trinajstić information content (AvgIpc) is 2.09. The molecule has 1 fully saturated rings. The quantitative estimate of drug-likeness (QED) is 0.829. The largest absolute Gasteiger partial charge is 0.381 e. The fourth-order valence-electron chi connectivity index (χ4n) is 2.43. The number of hydrogen-bond acceptors (Lipinski definition) is 3. The van der Waals surface area contributed by atoms with Crippen molar-refractivity contribution in [1.29, 1.82) is 0 Å². The summed E-state index contributed by atoms with van der Waals surface area (Å²) in [6.07, 6.45) is 0. The van der Waals surface area contributed by atoms with Crippen LogP contribution in [0.25, 0.3) is 0 Å². The predicted octanol–water partition coefficient (Wildman–Crippen LogP) is 2.03. The molecule has 1 aliphatic rings. The van der Waals surface area contributed by atoms with E-state index >= 15 is 0 Å². The van der Waals surface area contributed by atoms with Gasteiger partial charge in [0.05, 0.1) is 23.9 Å². The normalized spacial score (nSPS) is 16.9. The Labute approximate surface area is 103 Å². The van der Waals surface area contributed by atoms with Gasteiger partial charge in [0.25, 0.3) is 0 Å². The second-order valence-corrected chi connectivity index (χ2v) is 6.88. The Morgan fingerprint density at radius 2 is 1.71 bits per heavy atom. The molecule has 1 saturated heterocycles. The van der Waals surface area contributed by atoms with Crippen molar-refractivity contribution >= 4 is 9.84 Å². The summed E-state index contributed by atoms with van der Waals surface area (Å²) in [5.41, 5.74) is 2.80. The summed E-state index contributed by atoms with van der Waals surface area (Å²) in [4.78, 5) is 0.509. The predicted molar refractivity (Wildman–Crippen MR) is 67.0 cm³/mol. The Kier molecular flexibility index (Phi) is 3.27. The van der Waals surface area contributed by atoms with E-state index in [0.29, 0.717) is 18.1 Å². The van der Waals surface area contributed by atoms with E-state index in [0.717, 1.165) is 16.7 Å². The molecule has 4 heteroatoms. The zero-order valence-electron chi connectivity index (χ0n) is 10.5. The second-order valence-electron chi connectivity index (χ2n) is 4.91. The molecule has 94 valence electrons. The van der Waals surface area contributed by atoms with Gasteiger partial charge >= 0.3 is 0 Å². The van der Waals surface area contributed by atoms with Crippen LogP contribution in [0.3, 0.4) is 0 Å². The van der Waals surface area contributed by atoms with Crippen LogP contribution in [0.2, 0.25) is 0 Å². The highest BCUT2D eigenvalue weighted by atomic mass is 32.2. The minimum Gasteiger partial charge on any atom is -0.381 e. The average molecular weight is 254 g/mol. The molecule has 1 aromatic rings. The lowest BCUT2D eigenvalue weighted by molar-refractivity contribution is -0.0204. The van der Waals surface area contributed by atoms with Gasteiger partial charge < -0.3 is 4.74 Å².